The summed E-state index contributed by atoms with van der Waals surface area (Å²) in [4.78, 5) is 2.02. The Labute approximate surface area is 142 Å². The second-order valence-corrected chi connectivity index (χ2v) is 8.21. The van der Waals surface area contributed by atoms with Gasteiger partial charge in [0.2, 0.25) is 0 Å². The quantitative estimate of drug-likeness (QED) is 0.809. The van der Waals surface area contributed by atoms with Gasteiger partial charge in [0.25, 0.3) is 10.2 Å². The molecule has 0 aliphatic carbocycles. The number of hydrogen-bond donors (Lipinski definition) is 0. The fourth-order valence-electron chi connectivity index (χ4n) is 2.58. The van der Waals surface area contributed by atoms with Crippen LogP contribution in [0.4, 0.5) is 5.82 Å². The normalized spacial score (nSPS) is 15.8. The van der Waals surface area contributed by atoms with Crippen molar-refractivity contribution in [3.8, 4) is 11.3 Å². The minimum absolute atomic E-state index is 0.0481. The monoisotopic (exact) mass is 347 g/mol. The predicted octanol–water partition coefficient (Wildman–Crippen LogP) is 1.07. The molecule has 1 aliphatic rings. The van der Waals surface area contributed by atoms with Gasteiger partial charge in [0.05, 0.1) is 11.7 Å². The van der Waals surface area contributed by atoms with E-state index in [4.69, 9.17) is 0 Å². The summed E-state index contributed by atoms with van der Waals surface area (Å²) in [5, 5.41) is 8.53. The van der Waals surface area contributed by atoms with Crippen molar-refractivity contribution in [2.24, 2.45) is 0 Å². The minimum atomic E-state index is -3.38. The van der Waals surface area contributed by atoms with E-state index in [-0.39, 0.29) is 6.04 Å². The van der Waals surface area contributed by atoms with Gasteiger partial charge in [-0.3, -0.25) is 0 Å². The summed E-state index contributed by atoms with van der Waals surface area (Å²) in [6.07, 6.45) is 0. The SMILES string of the molecule is CN(C)S(=O)(=O)N(C)C1CN(c2ccc(-c3ccccc3)nn2)C1. The second kappa shape index (κ2) is 6.46. The van der Waals surface area contributed by atoms with Crippen LogP contribution in [-0.4, -0.2) is 67.5 Å². The highest BCUT2D eigenvalue weighted by molar-refractivity contribution is 7.86. The summed E-state index contributed by atoms with van der Waals surface area (Å²) in [6, 6.07) is 13.7. The maximum atomic E-state index is 12.1. The van der Waals surface area contributed by atoms with Crippen LogP contribution in [0.2, 0.25) is 0 Å². The maximum Gasteiger partial charge on any atom is 0.281 e. The first kappa shape index (κ1) is 16.8. The Morgan fingerprint density at radius 3 is 2.21 bits per heavy atom. The number of hydrogen-bond acceptors (Lipinski definition) is 5. The zero-order chi connectivity index (χ0) is 17.3. The molecule has 0 N–H and O–H groups in total. The molecule has 3 rings (SSSR count). The van der Waals surface area contributed by atoms with E-state index in [9.17, 15) is 8.42 Å². The summed E-state index contributed by atoms with van der Waals surface area (Å²) < 4.78 is 26.9. The molecule has 1 aromatic heterocycles. The fraction of sp³-hybridized carbons (Fsp3) is 0.375. The van der Waals surface area contributed by atoms with Crippen LogP contribution in [0.15, 0.2) is 42.5 Å². The standard InChI is InChI=1S/C16H21N5O2S/c1-19(2)24(22,23)20(3)14-11-21(12-14)16-10-9-15(17-18-16)13-7-5-4-6-8-13/h4-10,14H,11-12H2,1-3H3. The average molecular weight is 347 g/mol. The average Bonchev–Trinajstić information content (AvgIpc) is 2.54. The Kier molecular flexibility index (Phi) is 4.53. The minimum Gasteiger partial charge on any atom is -0.352 e. The van der Waals surface area contributed by atoms with Gasteiger partial charge in [0.1, 0.15) is 0 Å². The third kappa shape index (κ3) is 3.12. The number of anilines is 1. The Hall–Kier alpha value is -2.03. The second-order valence-electron chi connectivity index (χ2n) is 6.01. The molecule has 1 fully saturated rings. The Morgan fingerprint density at radius 1 is 1.00 bits per heavy atom. The number of likely N-dealkylation sites (N-methyl/N-ethyl adjacent to an activating group) is 1. The highest BCUT2D eigenvalue weighted by Gasteiger charge is 2.37. The molecular weight excluding hydrogens is 326 g/mol. The summed E-state index contributed by atoms with van der Waals surface area (Å²) in [6.45, 7) is 1.23. The van der Waals surface area contributed by atoms with Gasteiger partial charge < -0.3 is 4.90 Å². The van der Waals surface area contributed by atoms with E-state index in [2.05, 4.69) is 10.2 Å². The molecule has 0 saturated carbocycles. The molecule has 7 nitrogen and oxygen atoms in total. The number of aromatic nitrogens is 2. The first-order valence-electron chi connectivity index (χ1n) is 7.69. The molecule has 0 amide bonds. The van der Waals surface area contributed by atoms with Crippen molar-refractivity contribution < 1.29 is 8.42 Å². The van der Waals surface area contributed by atoms with Gasteiger partial charge in [-0.15, -0.1) is 10.2 Å². The van der Waals surface area contributed by atoms with Crippen LogP contribution in [-0.2, 0) is 10.2 Å². The van der Waals surface area contributed by atoms with E-state index in [1.807, 2.05) is 47.4 Å². The molecule has 128 valence electrons. The smallest absolute Gasteiger partial charge is 0.281 e. The topological polar surface area (TPSA) is 69.6 Å². The molecule has 1 saturated heterocycles. The number of benzene rings is 1. The predicted molar refractivity (Wildman–Crippen MR) is 93.8 cm³/mol. The third-order valence-electron chi connectivity index (χ3n) is 4.25. The molecule has 0 atom stereocenters. The van der Waals surface area contributed by atoms with Crippen molar-refractivity contribution in [3.63, 3.8) is 0 Å². The maximum absolute atomic E-state index is 12.1. The van der Waals surface area contributed by atoms with Crippen LogP contribution < -0.4 is 4.90 Å². The van der Waals surface area contributed by atoms with Gasteiger partial charge in [-0.05, 0) is 12.1 Å². The summed E-state index contributed by atoms with van der Waals surface area (Å²) >= 11 is 0. The van der Waals surface area contributed by atoms with Crippen molar-refractivity contribution in [3.05, 3.63) is 42.5 Å². The van der Waals surface area contributed by atoms with Gasteiger partial charge in [-0.2, -0.15) is 17.0 Å². The molecule has 0 bridgehead atoms. The summed E-state index contributed by atoms with van der Waals surface area (Å²) in [5.74, 6) is 0.765. The molecule has 2 aromatic rings. The molecule has 2 heterocycles. The van der Waals surface area contributed by atoms with E-state index < -0.39 is 10.2 Å². The van der Waals surface area contributed by atoms with Crippen molar-refractivity contribution >= 4 is 16.0 Å². The largest absolute Gasteiger partial charge is 0.352 e. The number of rotatable bonds is 5. The molecule has 0 spiro atoms. The van der Waals surface area contributed by atoms with Gasteiger partial charge in [0, 0.05) is 39.8 Å². The Bertz CT molecular complexity index is 787. The zero-order valence-electron chi connectivity index (χ0n) is 14.0. The van der Waals surface area contributed by atoms with E-state index in [0.29, 0.717) is 13.1 Å². The molecule has 24 heavy (non-hydrogen) atoms. The third-order valence-corrected chi connectivity index (χ3v) is 6.19. The van der Waals surface area contributed by atoms with E-state index >= 15 is 0 Å². The van der Waals surface area contributed by atoms with Crippen LogP contribution in [0.5, 0.6) is 0 Å². The fourth-order valence-corrected chi connectivity index (χ4v) is 3.60. The van der Waals surface area contributed by atoms with Crippen molar-refractivity contribution in [2.75, 3.05) is 39.1 Å². The molecular formula is C16H21N5O2S. The highest BCUT2D eigenvalue weighted by Crippen LogP contribution is 2.24. The first-order valence-corrected chi connectivity index (χ1v) is 9.09. The van der Waals surface area contributed by atoms with E-state index in [0.717, 1.165) is 17.1 Å². The lowest BCUT2D eigenvalue weighted by Gasteiger charge is -2.44. The first-order chi connectivity index (χ1) is 11.4. The summed E-state index contributed by atoms with van der Waals surface area (Å²) in [5.41, 5.74) is 1.85. The van der Waals surface area contributed by atoms with Crippen LogP contribution in [0.1, 0.15) is 0 Å². The Balaban J connectivity index is 1.64. The lowest BCUT2D eigenvalue weighted by molar-refractivity contribution is 0.293. The zero-order valence-corrected chi connectivity index (χ0v) is 14.8. The van der Waals surface area contributed by atoms with Crippen LogP contribution in [0, 0.1) is 0 Å². The lowest BCUT2D eigenvalue weighted by Crippen LogP contribution is -2.61. The molecule has 8 heteroatoms. The van der Waals surface area contributed by atoms with Gasteiger partial charge in [-0.1, -0.05) is 30.3 Å². The summed E-state index contributed by atoms with van der Waals surface area (Å²) in [7, 11) is 1.31. The van der Waals surface area contributed by atoms with Crippen molar-refractivity contribution in [2.45, 2.75) is 6.04 Å². The lowest BCUT2D eigenvalue weighted by atomic mass is 10.1. The molecule has 0 unspecified atom stereocenters. The van der Waals surface area contributed by atoms with E-state index in [1.165, 1.54) is 22.7 Å². The number of nitrogens with zero attached hydrogens (tertiary/aromatic N) is 5. The van der Waals surface area contributed by atoms with Crippen LogP contribution in [0.25, 0.3) is 11.3 Å². The van der Waals surface area contributed by atoms with Gasteiger partial charge in [-0.25, -0.2) is 0 Å². The molecule has 1 aromatic carbocycles. The molecule has 1 aliphatic heterocycles. The van der Waals surface area contributed by atoms with Gasteiger partial charge in [0.15, 0.2) is 5.82 Å². The molecule has 0 radical (unpaired) electrons. The van der Waals surface area contributed by atoms with Crippen molar-refractivity contribution in [1.82, 2.24) is 18.8 Å². The Morgan fingerprint density at radius 2 is 1.67 bits per heavy atom. The van der Waals surface area contributed by atoms with Crippen molar-refractivity contribution in [1.29, 1.82) is 0 Å². The van der Waals surface area contributed by atoms with E-state index in [1.54, 1.807) is 7.05 Å². The highest BCUT2D eigenvalue weighted by atomic mass is 32.2. The van der Waals surface area contributed by atoms with Crippen LogP contribution in [0.3, 0.4) is 0 Å². The van der Waals surface area contributed by atoms with Crippen LogP contribution >= 0.6 is 0 Å². The van der Waals surface area contributed by atoms with Gasteiger partial charge >= 0.3 is 0 Å².